The lowest BCUT2D eigenvalue weighted by Crippen LogP contribution is -2.25. The quantitative estimate of drug-likeness (QED) is 0.418. The van der Waals surface area contributed by atoms with Crippen molar-refractivity contribution >= 4 is 40.8 Å². The Kier molecular flexibility index (Phi) is 9.28. The number of benzene rings is 2. The van der Waals surface area contributed by atoms with Crippen LogP contribution in [0, 0.1) is 11.3 Å². The molecule has 0 aliphatic carbocycles. The Bertz CT molecular complexity index is 1300. The van der Waals surface area contributed by atoms with E-state index in [1.807, 2.05) is 6.07 Å². The number of nitrogens with zero attached hydrogens (tertiary/aromatic N) is 1. The van der Waals surface area contributed by atoms with Gasteiger partial charge in [0, 0.05) is 15.7 Å². The van der Waals surface area contributed by atoms with Crippen molar-refractivity contribution in [2.75, 3.05) is 25.1 Å². The molecule has 1 aliphatic rings. The van der Waals surface area contributed by atoms with Gasteiger partial charge in [0.25, 0.3) is 5.91 Å². The Balaban J connectivity index is 1.89. The van der Waals surface area contributed by atoms with Crippen molar-refractivity contribution < 1.29 is 28.5 Å². The fourth-order valence-electron chi connectivity index (χ4n) is 3.75. The first kappa shape index (κ1) is 27.7. The van der Waals surface area contributed by atoms with Crippen LogP contribution < -0.4 is 20.5 Å². The molecule has 0 radical (unpaired) electrons. The maximum absolute atomic E-state index is 12.8. The molecule has 1 amide bonds. The lowest BCUT2D eigenvalue weighted by atomic mass is 9.83. The Labute approximate surface area is 224 Å². The lowest BCUT2D eigenvalue weighted by Gasteiger charge is -2.27. The topological polar surface area (TPSA) is 133 Å². The van der Waals surface area contributed by atoms with E-state index in [1.165, 1.54) is 0 Å². The minimum Gasteiger partial charge on any atom is -0.490 e. The molecule has 11 heteroatoms. The highest BCUT2D eigenvalue weighted by atomic mass is 35.5. The average Bonchev–Trinajstić information content (AvgIpc) is 2.82. The highest BCUT2D eigenvalue weighted by molar-refractivity contribution is 6.35. The van der Waals surface area contributed by atoms with Gasteiger partial charge in [-0.05, 0) is 56.7 Å². The van der Waals surface area contributed by atoms with E-state index in [0.29, 0.717) is 33.7 Å². The summed E-state index contributed by atoms with van der Waals surface area (Å²) in [5.41, 5.74) is 7.13. The number of halogens is 2. The molecule has 2 aromatic carbocycles. The molecular weight excluding hydrogens is 521 g/mol. The third-order valence-corrected chi connectivity index (χ3v) is 5.64. The molecule has 1 atom stereocenters. The van der Waals surface area contributed by atoms with Gasteiger partial charge in [0.15, 0.2) is 18.1 Å². The molecule has 0 spiro atoms. The van der Waals surface area contributed by atoms with Crippen molar-refractivity contribution in [1.82, 2.24) is 0 Å². The van der Waals surface area contributed by atoms with Crippen LogP contribution in [-0.4, -0.2) is 31.7 Å². The summed E-state index contributed by atoms with van der Waals surface area (Å²) in [7, 11) is 0. The molecule has 37 heavy (non-hydrogen) atoms. The second-order valence-electron chi connectivity index (χ2n) is 7.75. The number of carbonyl (C=O) groups excluding carboxylic acids is 2. The van der Waals surface area contributed by atoms with E-state index < -0.39 is 17.8 Å². The maximum Gasteiger partial charge on any atom is 0.338 e. The molecule has 3 N–H and O–H groups in total. The van der Waals surface area contributed by atoms with Crippen molar-refractivity contribution in [3.05, 3.63) is 74.8 Å². The number of ether oxygens (including phenoxy) is 4. The summed E-state index contributed by atoms with van der Waals surface area (Å²) in [5.74, 6) is -1.19. The van der Waals surface area contributed by atoms with Crippen LogP contribution in [0.1, 0.15) is 32.3 Å². The van der Waals surface area contributed by atoms with E-state index in [9.17, 15) is 14.9 Å². The predicted molar refractivity (Wildman–Crippen MR) is 138 cm³/mol. The number of carbonyl (C=O) groups is 2. The van der Waals surface area contributed by atoms with Gasteiger partial charge < -0.3 is 30.0 Å². The molecular formula is C26H25Cl2N3O6. The van der Waals surface area contributed by atoms with Gasteiger partial charge in [0.1, 0.15) is 17.4 Å². The van der Waals surface area contributed by atoms with Crippen molar-refractivity contribution in [1.29, 1.82) is 5.26 Å². The number of nitrogens with one attached hydrogen (secondary N) is 1. The third-order valence-electron chi connectivity index (χ3n) is 5.21. The lowest BCUT2D eigenvalue weighted by molar-refractivity contribution is -0.139. The van der Waals surface area contributed by atoms with E-state index in [2.05, 4.69) is 5.32 Å². The summed E-state index contributed by atoms with van der Waals surface area (Å²) in [6.07, 6.45) is 0. The Morgan fingerprint density at radius 1 is 1.08 bits per heavy atom. The summed E-state index contributed by atoms with van der Waals surface area (Å²) >= 11 is 11.9. The predicted octanol–water partition coefficient (Wildman–Crippen LogP) is 5.05. The highest BCUT2D eigenvalue weighted by Crippen LogP contribution is 2.42. The normalized spacial score (nSPS) is 15.0. The first-order valence-electron chi connectivity index (χ1n) is 11.3. The summed E-state index contributed by atoms with van der Waals surface area (Å²) in [4.78, 5) is 25.2. The Morgan fingerprint density at radius 3 is 2.41 bits per heavy atom. The molecule has 2 aromatic rings. The van der Waals surface area contributed by atoms with Gasteiger partial charge in [-0.1, -0.05) is 29.3 Å². The van der Waals surface area contributed by atoms with Gasteiger partial charge in [-0.25, -0.2) is 4.79 Å². The zero-order valence-electron chi connectivity index (χ0n) is 20.4. The van der Waals surface area contributed by atoms with Crippen LogP contribution in [-0.2, 0) is 19.1 Å². The van der Waals surface area contributed by atoms with Crippen molar-refractivity contribution in [2.24, 2.45) is 5.73 Å². The van der Waals surface area contributed by atoms with Crippen LogP contribution in [0.25, 0.3) is 0 Å². The third kappa shape index (κ3) is 6.67. The fourth-order valence-corrected chi connectivity index (χ4v) is 4.27. The minimum atomic E-state index is -0.845. The molecule has 0 fully saturated rings. The molecule has 9 nitrogen and oxygen atoms in total. The number of hydrogen-bond donors (Lipinski definition) is 2. The second kappa shape index (κ2) is 12.4. The van der Waals surface area contributed by atoms with Gasteiger partial charge in [0.2, 0.25) is 5.88 Å². The molecule has 1 aliphatic heterocycles. The SMILES string of the molecule is CCOC(=O)C1=C(C)OC(N)=C(C#N)C1c1ccc(OCC(=O)Nc2cc(Cl)cc(Cl)c2)c(OCC)c1. The summed E-state index contributed by atoms with van der Waals surface area (Å²) in [6, 6.07) is 11.6. The molecule has 194 valence electrons. The van der Waals surface area contributed by atoms with Gasteiger partial charge in [-0.15, -0.1) is 0 Å². The number of anilines is 1. The van der Waals surface area contributed by atoms with Crippen molar-refractivity contribution in [2.45, 2.75) is 26.7 Å². The van der Waals surface area contributed by atoms with E-state index in [-0.39, 0.29) is 41.8 Å². The van der Waals surface area contributed by atoms with Gasteiger partial charge in [-0.2, -0.15) is 5.26 Å². The summed E-state index contributed by atoms with van der Waals surface area (Å²) in [5, 5.41) is 13.2. The number of hydrogen-bond acceptors (Lipinski definition) is 8. The Morgan fingerprint density at radius 2 is 1.78 bits per heavy atom. The Hall–Kier alpha value is -3.87. The minimum absolute atomic E-state index is 0.0596. The second-order valence-corrected chi connectivity index (χ2v) is 8.62. The van der Waals surface area contributed by atoms with Crippen LogP contribution in [0.4, 0.5) is 5.69 Å². The van der Waals surface area contributed by atoms with Gasteiger partial charge in [-0.3, -0.25) is 4.79 Å². The zero-order valence-corrected chi connectivity index (χ0v) is 21.9. The van der Waals surface area contributed by atoms with Gasteiger partial charge in [0.05, 0.1) is 24.7 Å². The number of rotatable bonds is 9. The standard InChI is InChI=1S/C26H25Cl2N3O6/c1-4-34-21-8-15(24-19(12-29)25(30)37-14(3)23(24)26(33)35-5-2)6-7-20(21)36-13-22(32)31-18-10-16(27)9-17(28)11-18/h6-11,24H,4-5,13,30H2,1-3H3,(H,31,32). The number of nitriles is 1. The van der Waals surface area contributed by atoms with Crippen LogP contribution in [0.3, 0.4) is 0 Å². The number of nitrogens with two attached hydrogens (primary N) is 1. The number of allylic oxidation sites excluding steroid dienone is 2. The van der Waals surface area contributed by atoms with E-state index in [0.717, 1.165) is 0 Å². The van der Waals surface area contributed by atoms with E-state index in [1.54, 1.807) is 57.2 Å². The highest BCUT2D eigenvalue weighted by Gasteiger charge is 2.36. The van der Waals surface area contributed by atoms with Crippen LogP contribution in [0.2, 0.25) is 10.0 Å². The van der Waals surface area contributed by atoms with Crippen LogP contribution >= 0.6 is 23.2 Å². The first-order chi connectivity index (χ1) is 17.7. The average molecular weight is 546 g/mol. The van der Waals surface area contributed by atoms with E-state index in [4.69, 9.17) is 47.9 Å². The molecule has 0 bridgehead atoms. The zero-order chi connectivity index (χ0) is 27.1. The largest absolute Gasteiger partial charge is 0.490 e. The maximum atomic E-state index is 12.8. The monoisotopic (exact) mass is 545 g/mol. The molecule has 0 saturated carbocycles. The first-order valence-corrected chi connectivity index (χ1v) is 12.0. The molecule has 0 saturated heterocycles. The summed E-state index contributed by atoms with van der Waals surface area (Å²) < 4.78 is 22.1. The fraction of sp³-hybridized carbons (Fsp3) is 0.269. The van der Waals surface area contributed by atoms with Crippen LogP contribution in [0.15, 0.2) is 59.2 Å². The molecule has 3 rings (SSSR count). The van der Waals surface area contributed by atoms with Crippen molar-refractivity contribution in [3.63, 3.8) is 0 Å². The number of amides is 1. The molecule has 1 unspecified atom stereocenters. The van der Waals surface area contributed by atoms with Crippen LogP contribution in [0.5, 0.6) is 11.5 Å². The smallest absolute Gasteiger partial charge is 0.338 e. The van der Waals surface area contributed by atoms with Crippen molar-refractivity contribution in [3.8, 4) is 17.6 Å². The molecule has 0 aromatic heterocycles. The molecule has 1 heterocycles. The van der Waals surface area contributed by atoms with Gasteiger partial charge >= 0.3 is 5.97 Å². The van der Waals surface area contributed by atoms with E-state index >= 15 is 0 Å². The number of esters is 1. The summed E-state index contributed by atoms with van der Waals surface area (Å²) in [6.45, 7) is 5.15.